The summed E-state index contributed by atoms with van der Waals surface area (Å²) in [6.45, 7) is 7.69. The molecular weight excluding hydrogens is 372 g/mol. The van der Waals surface area contributed by atoms with Gasteiger partial charge in [0.2, 0.25) is 0 Å². The third-order valence-electron chi connectivity index (χ3n) is 4.96. The van der Waals surface area contributed by atoms with Gasteiger partial charge in [-0.3, -0.25) is 9.59 Å². The van der Waals surface area contributed by atoms with Crippen LogP contribution in [-0.4, -0.2) is 28.6 Å². The number of carbonyl (C=O) groups excluding carboxylic acids is 2. The molecule has 29 heavy (non-hydrogen) atoms. The summed E-state index contributed by atoms with van der Waals surface area (Å²) in [6.07, 6.45) is 0. The van der Waals surface area contributed by atoms with E-state index in [0.29, 0.717) is 33.8 Å². The first-order valence-electron chi connectivity index (χ1n) is 9.48. The largest absolute Gasteiger partial charge is 0.482 e. The molecule has 1 aliphatic heterocycles. The van der Waals surface area contributed by atoms with Gasteiger partial charge in [0.1, 0.15) is 5.75 Å². The van der Waals surface area contributed by atoms with E-state index in [9.17, 15) is 9.59 Å². The summed E-state index contributed by atoms with van der Waals surface area (Å²) in [6, 6.07) is 6.97. The number of hydrogen-bond donors (Lipinski definition) is 2. The Kier molecular flexibility index (Phi) is 4.70. The van der Waals surface area contributed by atoms with Gasteiger partial charge in [-0.05, 0) is 43.5 Å². The van der Waals surface area contributed by atoms with Crippen molar-refractivity contribution in [3.8, 4) is 5.75 Å². The molecule has 1 aromatic carbocycles. The predicted molar refractivity (Wildman–Crippen MR) is 107 cm³/mol. The number of nitrogens with one attached hydrogen (secondary N) is 2. The fourth-order valence-electron chi connectivity index (χ4n) is 3.32. The molecule has 150 valence electrons. The number of rotatable bonds is 4. The zero-order valence-corrected chi connectivity index (χ0v) is 16.7. The normalized spacial score (nSPS) is 14.3. The van der Waals surface area contributed by atoms with Gasteiger partial charge in [0, 0.05) is 5.69 Å². The third kappa shape index (κ3) is 3.53. The Morgan fingerprint density at radius 2 is 2.03 bits per heavy atom. The molecular formula is C21H22N4O4. The highest BCUT2D eigenvalue weighted by molar-refractivity contribution is 6.06. The SMILES string of the molecule is Cc1noc2nc(C(C)C)cc(C(=O)NC(C)c3ccc4c(c3)NC(=O)CO4)c12. The van der Waals surface area contributed by atoms with Gasteiger partial charge in [0.05, 0.1) is 28.4 Å². The van der Waals surface area contributed by atoms with Crippen LogP contribution >= 0.6 is 0 Å². The lowest BCUT2D eigenvalue weighted by molar-refractivity contribution is -0.118. The molecule has 0 aliphatic carbocycles. The average molecular weight is 394 g/mol. The van der Waals surface area contributed by atoms with Crippen molar-refractivity contribution in [1.82, 2.24) is 15.5 Å². The highest BCUT2D eigenvalue weighted by Crippen LogP contribution is 2.31. The lowest BCUT2D eigenvalue weighted by Gasteiger charge is -2.21. The molecule has 8 nitrogen and oxygen atoms in total. The monoisotopic (exact) mass is 394 g/mol. The summed E-state index contributed by atoms with van der Waals surface area (Å²) in [5, 5.41) is 10.4. The maximum Gasteiger partial charge on any atom is 0.262 e. The second-order valence-corrected chi connectivity index (χ2v) is 7.49. The minimum absolute atomic E-state index is 0.00689. The van der Waals surface area contributed by atoms with Gasteiger partial charge in [-0.25, -0.2) is 4.98 Å². The number of anilines is 1. The summed E-state index contributed by atoms with van der Waals surface area (Å²) in [5.74, 6) is 0.313. The Hall–Kier alpha value is -3.42. The van der Waals surface area contributed by atoms with Gasteiger partial charge in [0.25, 0.3) is 17.5 Å². The van der Waals surface area contributed by atoms with Crippen LogP contribution in [0.2, 0.25) is 0 Å². The number of aromatic nitrogens is 2. The van der Waals surface area contributed by atoms with E-state index in [0.717, 1.165) is 11.3 Å². The van der Waals surface area contributed by atoms with Crippen LogP contribution < -0.4 is 15.4 Å². The van der Waals surface area contributed by atoms with Crippen LogP contribution in [0.25, 0.3) is 11.1 Å². The highest BCUT2D eigenvalue weighted by Gasteiger charge is 2.22. The second-order valence-electron chi connectivity index (χ2n) is 7.49. The molecule has 3 aromatic rings. The first-order chi connectivity index (χ1) is 13.8. The quantitative estimate of drug-likeness (QED) is 0.702. The maximum atomic E-state index is 13.1. The van der Waals surface area contributed by atoms with Crippen LogP contribution in [0, 0.1) is 6.92 Å². The first kappa shape index (κ1) is 18.9. The van der Waals surface area contributed by atoms with Crippen molar-refractivity contribution < 1.29 is 18.8 Å². The zero-order valence-electron chi connectivity index (χ0n) is 16.7. The molecule has 4 rings (SSSR count). The van der Waals surface area contributed by atoms with E-state index in [4.69, 9.17) is 9.26 Å². The van der Waals surface area contributed by atoms with Crippen molar-refractivity contribution in [3.63, 3.8) is 0 Å². The Balaban J connectivity index is 1.63. The summed E-state index contributed by atoms with van der Waals surface area (Å²) >= 11 is 0. The molecule has 0 saturated carbocycles. The maximum absolute atomic E-state index is 13.1. The van der Waals surface area contributed by atoms with Crippen LogP contribution in [0.15, 0.2) is 28.8 Å². The molecule has 0 spiro atoms. The number of fused-ring (bicyclic) bond motifs is 2. The number of hydrogen-bond acceptors (Lipinski definition) is 6. The Morgan fingerprint density at radius 1 is 1.24 bits per heavy atom. The Morgan fingerprint density at radius 3 is 2.79 bits per heavy atom. The summed E-state index contributed by atoms with van der Waals surface area (Å²) in [7, 11) is 0. The van der Waals surface area contributed by atoms with Crippen molar-refractivity contribution in [2.75, 3.05) is 11.9 Å². The molecule has 0 fully saturated rings. The minimum Gasteiger partial charge on any atom is -0.482 e. The van der Waals surface area contributed by atoms with E-state index < -0.39 is 0 Å². The molecule has 2 aromatic heterocycles. The summed E-state index contributed by atoms with van der Waals surface area (Å²) in [5.41, 5.74) is 3.68. The van der Waals surface area contributed by atoms with Crippen molar-refractivity contribution in [3.05, 3.63) is 46.8 Å². The number of benzene rings is 1. The number of carbonyl (C=O) groups is 2. The number of pyridine rings is 1. The molecule has 3 heterocycles. The van der Waals surface area contributed by atoms with E-state index in [-0.39, 0.29) is 30.4 Å². The Bertz CT molecular complexity index is 1120. The fourth-order valence-corrected chi connectivity index (χ4v) is 3.32. The van der Waals surface area contributed by atoms with E-state index in [2.05, 4.69) is 20.8 Å². The Labute approximate surface area is 167 Å². The van der Waals surface area contributed by atoms with Crippen molar-refractivity contribution in [1.29, 1.82) is 0 Å². The van der Waals surface area contributed by atoms with Gasteiger partial charge in [0.15, 0.2) is 6.61 Å². The molecule has 0 saturated heterocycles. The van der Waals surface area contributed by atoms with Crippen molar-refractivity contribution in [2.45, 2.75) is 39.7 Å². The molecule has 0 bridgehead atoms. The number of aryl methyl sites for hydroxylation is 1. The van der Waals surface area contributed by atoms with Gasteiger partial charge in [-0.15, -0.1) is 0 Å². The van der Waals surface area contributed by atoms with Crippen LogP contribution in [-0.2, 0) is 4.79 Å². The molecule has 1 unspecified atom stereocenters. The van der Waals surface area contributed by atoms with Crippen LogP contribution in [0.1, 0.15) is 60.0 Å². The highest BCUT2D eigenvalue weighted by atomic mass is 16.5. The van der Waals surface area contributed by atoms with Crippen molar-refractivity contribution in [2.24, 2.45) is 0 Å². The van der Waals surface area contributed by atoms with Gasteiger partial charge < -0.3 is 19.9 Å². The minimum atomic E-state index is -0.294. The molecule has 2 N–H and O–H groups in total. The number of amides is 2. The van der Waals surface area contributed by atoms with E-state index in [1.165, 1.54) is 0 Å². The third-order valence-corrected chi connectivity index (χ3v) is 4.96. The van der Waals surface area contributed by atoms with Gasteiger partial charge >= 0.3 is 0 Å². The fraction of sp³-hybridized carbons (Fsp3) is 0.333. The molecule has 0 radical (unpaired) electrons. The van der Waals surface area contributed by atoms with Gasteiger partial charge in [-0.1, -0.05) is 25.1 Å². The van der Waals surface area contributed by atoms with Crippen LogP contribution in [0.4, 0.5) is 5.69 Å². The zero-order chi connectivity index (χ0) is 20.7. The van der Waals surface area contributed by atoms with Crippen LogP contribution in [0.5, 0.6) is 5.75 Å². The van der Waals surface area contributed by atoms with Gasteiger partial charge in [-0.2, -0.15) is 0 Å². The second kappa shape index (κ2) is 7.20. The molecule has 1 atom stereocenters. The lowest BCUT2D eigenvalue weighted by Crippen LogP contribution is -2.28. The topological polar surface area (TPSA) is 106 Å². The van der Waals surface area contributed by atoms with E-state index in [1.807, 2.05) is 32.9 Å². The predicted octanol–water partition coefficient (Wildman–Crippen LogP) is 3.48. The first-order valence-corrected chi connectivity index (χ1v) is 9.48. The summed E-state index contributed by atoms with van der Waals surface area (Å²) < 4.78 is 10.7. The smallest absolute Gasteiger partial charge is 0.262 e. The number of ether oxygens (including phenoxy) is 1. The van der Waals surface area contributed by atoms with Crippen LogP contribution in [0.3, 0.4) is 0 Å². The standard InChI is InChI=1S/C21H22N4O4/c1-10(2)15-8-14(19-12(4)25-29-21(19)24-15)20(27)22-11(3)13-5-6-17-16(7-13)23-18(26)9-28-17/h5-8,10-11H,9H2,1-4H3,(H,22,27)(H,23,26). The molecule has 2 amide bonds. The molecule has 1 aliphatic rings. The average Bonchev–Trinajstić information content (AvgIpc) is 3.07. The molecule has 8 heteroatoms. The lowest BCUT2D eigenvalue weighted by atomic mass is 10.0. The van der Waals surface area contributed by atoms with E-state index >= 15 is 0 Å². The van der Waals surface area contributed by atoms with Crippen molar-refractivity contribution >= 4 is 28.6 Å². The number of nitrogens with zero attached hydrogens (tertiary/aromatic N) is 2. The summed E-state index contributed by atoms with van der Waals surface area (Å²) in [4.78, 5) is 29.1. The van der Waals surface area contributed by atoms with E-state index in [1.54, 1.807) is 19.1 Å².